The summed E-state index contributed by atoms with van der Waals surface area (Å²) in [6, 6.07) is 5.76. The number of rotatable bonds is 5. The summed E-state index contributed by atoms with van der Waals surface area (Å²) in [6.45, 7) is 2.28. The lowest BCUT2D eigenvalue weighted by molar-refractivity contribution is 0.416. The molecule has 0 radical (unpaired) electrons. The molecule has 2 heterocycles. The normalized spacial score (nSPS) is 23.2. The fourth-order valence-corrected chi connectivity index (χ4v) is 4.15. The number of nitrogens with one attached hydrogen (secondary N) is 1. The first-order valence-electron chi connectivity index (χ1n) is 6.27. The van der Waals surface area contributed by atoms with Gasteiger partial charge in [-0.05, 0) is 36.5 Å². The molecule has 0 aliphatic carbocycles. The third-order valence-corrected chi connectivity index (χ3v) is 5.26. The Morgan fingerprint density at radius 3 is 3.12 bits per heavy atom. The summed E-state index contributed by atoms with van der Waals surface area (Å²) < 4.78 is 0. The van der Waals surface area contributed by atoms with Crippen molar-refractivity contribution in [2.45, 2.75) is 44.7 Å². The maximum atomic E-state index is 3.85. The standard InChI is InChI=1S/C13H21NS2/c1-2-5-12(13-7-4-9-16-13)14-11-6-3-8-15-10-11/h4,7,9,11-12,14H,2-3,5-6,8,10H2,1H3. The first-order valence-corrected chi connectivity index (χ1v) is 8.30. The van der Waals surface area contributed by atoms with Crippen LogP contribution in [0.3, 0.4) is 0 Å². The fraction of sp³-hybridized carbons (Fsp3) is 0.692. The molecule has 1 aromatic rings. The van der Waals surface area contributed by atoms with Crippen molar-refractivity contribution in [3.05, 3.63) is 22.4 Å². The van der Waals surface area contributed by atoms with E-state index in [0.717, 1.165) is 6.04 Å². The molecular formula is C13H21NS2. The summed E-state index contributed by atoms with van der Waals surface area (Å²) in [7, 11) is 0. The molecule has 1 saturated heterocycles. The van der Waals surface area contributed by atoms with Crippen LogP contribution in [-0.4, -0.2) is 17.5 Å². The van der Waals surface area contributed by atoms with Gasteiger partial charge in [0, 0.05) is 22.7 Å². The van der Waals surface area contributed by atoms with Crippen molar-refractivity contribution < 1.29 is 0 Å². The van der Waals surface area contributed by atoms with Gasteiger partial charge in [-0.3, -0.25) is 0 Å². The molecule has 3 heteroatoms. The van der Waals surface area contributed by atoms with Crippen LogP contribution in [0.4, 0.5) is 0 Å². The van der Waals surface area contributed by atoms with Gasteiger partial charge < -0.3 is 5.32 Å². The van der Waals surface area contributed by atoms with Crippen molar-refractivity contribution in [2.24, 2.45) is 0 Å². The molecule has 2 unspecified atom stereocenters. The van der Waals surface area contributed by atoms with E-state index in [4.69, 9.17) is 0 Å². The van der Waals surface area contributed by atoms with Crippen molar-refractivity contribution >= 4 is 23.1 Å². The van der Waals surface area contributed by atoms with Gasteiger partial charge in [-0.15, -0.1) is 11.3 Å². The Morgan fingerprint density at radius 1 is 1.56 bits per heavy atom. The summed E-state index contributed by atoms with van der Waals surface area (Å²) in [5, 5.41) is 6.04. The van der Waals surface area contributed by atoms with E-state index in [9.17, 15) is 0 Å². The Balaban J connectivity index is 1.91. The Morgan fingerprint density at radius 2 is 2.50 bits per heavy atom. The minimum Gasteiger partial charge on any atom is -0.306 e. The van der Waals surface area contributed by atoms with Gasteiger partial charge >= 0.3 is 0 Å². The van der Waals surface area contributed by atoms with Gasteiger partial charge in [-0.2, -0.15) is 11.8 Å². The van der Waals surface area contributed by atoms with Crippen molar-refractivity contribution in [1.29, 1.82) is 0 Å². The van der Waals surface area contributed by atoms with Crippen molar-refractivity contribution in [2.75, 3.05) is 11.5 Å². The van der Waals surface area contributed by atoms with Crippen molar-refractivity contribution in [3.8, 4) is 0 Å². The molecule has 1 aromatic heterocycles. The van der Waals surface area contributed by atoms with Gasteiger partial charge in [0.05, 0.1) is 0 Å². The summed E-state index contributed by atoms with van der Waals surface area (Å²) in [4.78, 5) is 1.51. The molecule has 0 bridgehead atoms. The van der Waals surface area contributed by atoms with Crippen LogP contribution in [0.15, 0.2) is 17.5 Å². The Bertz CT molecular complexity index is 278. The van der Waals surface area contributed by atoms with Crippen LogP contribution in [0.25, 0.3) is 0 Å². The highest BCUT2D eigenvalue weighted by atomic mass is 32.2. The molecule has 0 spiro atoms. The number of thioether (sulfide) groups is 1. The molecule has 2 rings (SSSR count). The number of hydrogen-bond donors (Lipinski definition) is 1. The largest absolute Gasteiger partial charge is 0.306 e. The van der Waals surface area contributed by atoms with Gasteiger partial charge in [0.2, 0.25) is 0 Å². The minimum absolute atomic E-state index is 0.591. The lowest BCUT2D eigenvalue weighted by atomic mass is 10.1. The highest BCUT2D eigenvalue weighted by Crippen LogP contribution is 2.26. The smallest absolute Gasteiger partial charge is 0.0417 e. The van der Waals surface area contributed by atoms with E-state index >= 15 is 0 Å². The van der Waals surface area contributed by atoms with Crippen LogP contribution in [0.5, 0.6) is 0 Å². The van der Waals surface area contributed by atoms with Crippen LogP contribution < -0.4 is 5.32 Å². The van der Waals surface area contributed by atoms with E-state index in [1.807, 2.05) is 11.3 Å². The van der Waals surface area contributed by atoms with E-state index < -0.39 is 0 Å². The summed E-state index contributed by atoms with van der Waals surface area (Å²) in [6.07, 6.45) is 5.27. The Labute approximate surface area is 107 Å². The minimum atomic E-state index is 0.591. The van der Waals surface area contributed by atoms with Crippen molar-refractivity contribution in [3.63, 3.8) is 0 Å². The molecule has 1 aliphatic heterocycles. The van der Waals surface area contributed by atoms with Gasteiger partial charge in [0.15, 0.2) is 0 Å². The van der Waals surface area contributed by atoms with Gasteiger partial charge in [-0.25, -0.2) is 0 Å². The molecule has 0 saturated carbocycles. The van der Waals surface area contributed by atoms with Gasteiger partial charge in [0.25, 0.3) is 0 Å². The van der Waals surface area contributed by atoms with E-state index in [1.165, 1.54) is 42.1 Å². The second-order valence-corrected chi connectivity index (χ2v) is 6.57. The zero-order chi connectivity index (χ0) is 11.2. The second kappa shape index (κ2) is 6.67. The molecule has 1 nitrogen and oxygen atoms in total. The predicted octanol–water partition coefficient (Wildman–Crippen LogP) is 4.07. The second-order valence-electron chi connectivity index (χ2n) is 4.44. The van der Waals surface area contributed by atoms with E-state index in [0.29, 0.717) is 6.04 Å². The fourth-order valence-electron chi connectivity index (χ4n) is 2.24. The third-order valence-electron chi connectivity index (χ3n) is 3.06. The predicted molar refractivity (Wildman–Crippen MR) is 75.5 cm³/mol. The maximum Gasteiger partial charge on any atom is 0.0417 e. The van der Waals surface area contributed by atoms with Crippen LogP contribution in [0, 0.1) is 0 Å². The Hall–Kier alpha value is 0.01000. The van der Waals surface area contributed by atoms with Crippen LogP contribution in [0.1, 0.15) is 43.5 Å². The molecule has 2 atom stereocenters. The lowest BCUT2D eigenvalue weighted by Gasteiger charge is -2.27. The highest BCUT2D eigenvalue weighted by molar-refractivity contribution is 7.99. The average Bonchev–Trinajstić information content (AvgIpc) is 2.83. The number of hydrogen-bond acceptors (Lipinski definition) is 3. The lowest BCUT2D eigenvalue weighted by Crippen LogP contribution is -2.36. The summed E-state index contributed by atoms with van der Waals surface area (Å²) in [5.74, 6) is 2.65. The molecule has 16 heavy (non-hydrogen) atoms. The van der Waals surface area contributed by atoms with E-state index in [2.05, 4.69) is 41.5 Å². The molecule has 0 aromatic carbocycles. The van der Waals surface area contributed by atoms with Gasteiger partial charge in [0.1, 0.15) is 0 Å². The van der Waals surface area contributed by atoms with Crippen LogP contribution >= 0.6 is 23.1 Å². The average molecular weight is 255 g/mol. The zero-order valence-corrected chi connectivity index (χ0v) is 11.6. The zero-order valence-electron chi connectivity index (χ0n) is 9.95. The molecular weight excluding hydrogens is 234 g/mol. The van der Waals surface area contributed by atoms with Gasteiger partial charge in [-0.1, -0.05) is 19.4 Å². The van der Waals surface area contributed by atoms with Crippen LogP contribution in [0.2, 0.25) is 0 Å². The Kier molecular flexibility index (Phi) is 5.20. The molecule has 1 aliphatic rings. The molecule has 1 fully saturated rings. The first-order chi connectivity index (χ1) is 7.90. The first kappa shape index (κ1) is 12.5. The quantitative estimate of drug-likeness (QED) is 0.851. The topological polar surface area (TPSA) is 12.0 Å². The molecule has 1 N–H and O–H groups in total. The third kappa shape index (κ3) is 3.51. The summed E-state index contributed by atoms with van der Waals surface area (Å²) in [5.41, 5.74) is 0. The summed E-state index contributed by atoms with van der Waals surface area (Å²) >= 11 is 3.99. The number of thiophene rings is 1. The van der Waals surface area contributed by atoms with Crippen LogP contribution in [-0.2, 0) is 0 Å². The van der Waals surface area contributed by atoms with Crippen molar-refractivity contribution in [1.82, 2.24) is 5.32 Å². The van der Waals surface area contributed by atoms with E-state index in [-0.39, 0.29) is 0 Å². The molecule has 90 valence electrons. The highest BCUT2D eigenvalue weighted by Gasteiger charge is 2.19. The van der Waals surface area contributed by atoms with E-state index in [1.54, 1.807) is 0 Å². The maximum absolute atomic E-state index is 3.85. The SMILES string of the molecule is CCCC(NC1CCCSC1)c1cccs1. The monoisotopic (exact) mass is 255 g/mol. The molecule has 0 amide bonds.